The summed E-state index contributed by atoms with van der Waals surface area (Å²) in [5.41, 5.74) is 0. The summed E-state index contributed by atoms with van der Waals surface area (Å²) in [6.07, 6.45) is -5.99. The first-order chi connectivity index (χ1) is 7.68. The normalized spacial score (nSPS) is 12.7. The second-order valence-electron chi connectivity index (χ2n) is 3.38. The molecule has 2 N–H and O–H groups in total. The van der Waals surface area contributed by atoms with Crippen molar-refractivity contribution in [2.75, 3.05) is 10.5 Å². The second-order valence-corrected chi connectivity index (χ2v) is 5.23. The molecule has 0 spiro atoms. The van der Waals surface area contributed by atoms with Crippen LogP contribution in [0.3, 0.4) is 0 Å². The molecule has 0 bridgehead atoms. The van der Waals surface area contributed by atoms with E-state index in [1.165, 1.54) is 0 Å². The molecule has 0 amide bonds. The Kier molecular flexibility index (Phi) is 3.96. The number of H-pyrrole nitrogens is 1. The standard InChI is InChI=1S/C7H11F3N4O2S/c1-5-11-6(13-12-5)14-17(15,16)4-2-3-7(8,9)10/h2-4H2,1H3,(H2,11,12,13,14). The Morgan fingerprint density at radius 2 is 2.06 bits per heavy atom. The molecule has 0 aliphatic rings. The van der Waals surface area contributed by atoms with Crippen molar-refractivity contribution in [3.63, 3.8) is 0 Å². The van der Waals surface area contributed by atoms with Gasteiger partial charge in [0.2, 0.25) is 10.0 Å². The first kappa shape index (κ1) is 13.7. The molecule has 0 fully saturated rings. The lowest BCUT2D eigenvalue weighted by atomic mass is 10.3. The van der Waals surface area contributed by atoms with Crippen LogP contribution in [0.25, 0.3) is 0 Å². The van der Waals surface area contributed by atoms with Gasteiger partial charge in [0.25, 0.3) is 5.95 Å². The van der Waals surface area contributed by atoms with Crippen LogP contribution >= 0.6 is 0 Å². The Morgan fingerprint density at radius 3 is 2.53 bits per heavy atom. The van der Waals surface area contributed by atoms with Crippen LogP contribution in [-0.4, -0.2) is 35.5 Å². The topological polar surface area (TPSA) is 87.7 Å². The molecule has 1 aromatic heterocycles. The lowest BCUT2D eigenvalue weighted by Gasteiger charge is -2.06. The molecule has 0 saturated heterocycles. The number of aryl methyl sites for hydroxylation is 1. The average Bonchev–Trinajstić information content (AvgIpc) is 2.47. The van der Waals surface area contributed by atoms with E-state index in [1.54, 1.807) is 6.92 Å². The first-order valence-corrected chi connectivity index (χ1v) is 6.29. The number of halogens is 3. The van der Waals surface area contributed by atoms with E-state index in [9.17, 15) is 21.6 Å². The van der Waals surface area contributed by atoms with Crippen molar-refractivity contribution >= 4 is 16.0 Å². The minimum absolute atomic E-state index is 0.172. The molecule has 17 heavy (non-hydrogen) atoms. The number of nitrogens with one attached hydrogen (secondary N) is 2. The maximum Gasteiger partial charge on any atom is 0.389 e. The van der Waals surface area contributed by atoms with Gasteiger partial charge in [-0.05, 0) is 13.3 Å². The summed E-state index contributed by atoms with van der Waals surface area (Å²) in [6.45, 7) is 1.56. The van der Waals surface area contributed by atoms with Gasteiger partial charge in [0.15, 0.2) is 0 Å². The minimum atomic E-state index is -4.35. The maximum absolute atomic E-state index is 11.8. The third kappa shape index (κ3) is 5.52. The molecule has 98 valence electrons. The van der Waals surface area contributed by atoms with Crippen LogP contribution in [0.4, 0.5) is 19.1 Å². The van der Waals surface area contributed by atoms with Crippen molar-refractivity contribution in [2.45, 2.75) is 25.9 Å². The minimum Gasteiger partial charge on any atom is -0.261 e. The van der Waals surface area contributed by atoms with Crippen molar-refractivity contribution in [3.05, 3.63) is 5.82 Å². The van der Waals surface area contributed by atoms with Crippen molar-refractivity contribution in [1.82, 2.24) is 15.2 Å². The van der Waals surface area contributed by atoms with Crippen LogP contribution in [0.5, 0.6) is 0 Å². The molecule has 1 rings (SSSR count). The number of alkyl halides is 3. The molecule has 0 aliphatic carbocycles. The van der Waals surface area contributed by atoms with Gasteiger partial charge < -0.3 is 0 Å². The molecular weight excluding hydrogens is 261 g/mol. The van der Waals surface area contributed by atoms with Crippen LogP contribution in [0.15, 0.2) is 0 Å². The fourth-order valence-electron chi connectivity index (χ4n) is 1.04. The summed E-state index contributed by atoms with van der Waals surface area (Å²) in [4.78, 5) is 3.67. The largest absolute Gasteiger partial charge is 0.389 e. The van der Waals surface area contributed by atoms with Crippen LogP contribution < -0.4 is 4.72 Å². The van der Waals surface area contributed by atoms with E-state index in [1.807, 2.05) is 4.72 Å². The molecule has 0 saturated carbocycles. The van der Waals surface area contributed by atoms with E-state index >= 15 is 0 Å². The van der Waals surface area contributed by atoms with Gasteiger partial charge >= 0.3 is 6.18 Å². The smallest absolute Gasteiger partial charge is 0.261 e. The molecule has 0 aliphatic heterocycles. The average molecular weight is 272 g/mol. The summed E-state index contributed by atoms with van der Waals surface area (Å²) in [6, 6.07) is 0. The molecule has 0 aromatic carbocycles. The third-order valence-electron chi connectivity index (χ3n) is 1.72. The molecule has 0 atom stereocenters. The SMILES string of the molecule is Cc1nc(NS(=O)(=O)CCCC(F)(F)F)n[nH]1. The number of hydrogen-bond acceptors (Lipinski definition) is 4. The highest BCUT2D eigenvalue weighted by Crippen LogP contribution is 2.21. The molecule has 0 unspecified atom stereocenters. The molecule has 1 heterocycles. The predicted octanol–water partition coefficient (Wildman–Crippen LogP) is 1.20. The van der Waals surface area contributed by atoms with Crippen LogP contribution in [-0.2, 0) is 10.0 Å². The van der Waals surface area contributed by atoms with E-state index in [2.05, 4.69) is 15.2 Å². The highest BCUT2D eigenvalue weighted by atomic mass is 32.2. The van der Waals surface area contributed by atoms with Crippen molar-refractivity contribution in [2.24, 2.45) is 0 Å². The van der Waals surface area contributed by atoms with Gasteiger partial charge in [-0.3, -0.25) is 5.10 Å². The fourth-order valence-corrected chi connectivity index (χ4v) is 2.04. The zero-order valence-electron chi connectivity index (χ0n) is 8.87. The van der Waals surface area contributed by atoms with Gasteiger partial charge in [-0.25, -0.2) is 13.1 Å². The Labute approximate surface area is 95.7 Å². The molecule has 10 heteroatoms. The van der Waals surface area contributed by atoms with Gasteiger partial charge in [0, 0.05) is 6.42 Å². The highest BCUT2D eigenvalue weighted by Gasteiger charge is 2.27. The summed E-state index contributed by atoms with van der Waals surface area (Å²) < 4.78 is 60.1. The number of nitrogens with zero attached hydrogens (tertiary/aromatic N) is 2. The Morgan fingerprint density at radius 1 is 1.41 bits per heavy atom. The van der Waals surface area contributed by atoms with E-state index < -0.39 is 34.8 Å². The van der Waals surface area contributed by atoms with Gasteiger partial charge in [-0.1, -0.05) is 0 Å². The number of hydrogen-bond donors (Lipinski definition) is 2. The van der Waals surface area contributed by atoms with Gasteiger partial charge in [-0.2, -0.15) is 18.2 Å². The van der Waals surface area contributed by atoms with E-state index in [0.717, 1.165) is 0 Å². The molecule has 1 aromatic rings. The van der Waals surface area contributed by atoms with Crippen molar-refractivity contribution < 1.29 is 21.6 Å². The Bertz CT molecular complexity index is 468. The summed E-state index contributed by atoms with van der Waals surface area (Å²) in [5.74, 6) is -0.396. The Hall–Kier alpha value is -1.32. The van der Waals surface area contributed by atoms with E-state index in [0.29, 0.717) is 5.82 Å². The quantitative estimate of drug-likeness (QED) is 0.843. The Balaban J connectivity index is 2.47. The van der Waals surface area contributed by atoms with E-state index in [4.69, 9.17) is 0 Å². The molecular formula is C7H11F3N4O2S. The van der Waals surface area contributed by atoms with Crippen LogP contribution in [0.2, 0.25) is 0 Å². The highest BCUT2D eigenvalue weighted by molar-refractivity contribution is 7.92. The van der Waals surface area contributed by atoms with Gasteiger partial charge in [0.1, 0.15) is 5.82 Å². The first-order valence-electron chi connectivity index (χ1n) is 4.64. The number of aromatic amines is 1. The molecule has 0 radical (unpaired) electrons. The van der Waals surface area contributed by atoms with Crippen molar-refractivity contribution in [1.29, 1.82) is 0 Å². The number of rotatable bonds is 5. The monoisotopic (exact) mass is 272 g/mol. The van der Waals surface area contributed by atoms with Crippen LogP contribution in [0.1, 0.15) is 18.7 Å². The number of aromatic nitrogens is 3. The summed E-state index contributed by atoms with van der Waals surface area (Å²) >= 11 is 0. The van der Waals surface area contributed by atoms with Gasteiger partial charge in [0.05, 0.1) is 5.75 Å². The third-order valence-corrected chi connectivity index (χ3v) is 3.04. The lowest BCUT2D eigenvalue weighted by Crippen LogP contribution is -2.19. The zero-order valence-corrected chi connectivity index (χ0v) is 9.69. The maximum atomic E-state index is 11.8. The number of anilines is 1. The number of sulfonamides is 1. The van der Waals surface area contributed by atoms with E-state index in [-0.39, 0.29) is 5.95 Å². The zero-order chi connectivity index (χ0) is 13.1. The fraction of sp³-hybridized carbons (Fsp3) is 0.714. The predicted molar refractivity (Wildman–Crippen MR) is 53.8 cm³/mol. The van der Waals surface area contributed by atoms with Crippen LogP contribution in [0, 0.1) is 6.92 Å². The summed E-state index contributed by atoms with van der Waals surface area (Å²) in [7, 11) is -3.84. The molecule has 6 nitrogen and oxygen atoms in total. The second kappa shape index (κ2) is 4.90. The van der Waals surface area contributed by atoms with Gasteiger partial charge in [-0.15, -0.1) is 5.10 Å². The summed E-state index contributed by atoms with van der Waals surface area (Å²) in [5, 5.41) is 5.91. The van der Waals surface area contributed by atoms with Crippen molar-refractivity contribution in [3.8, 4) is 0 Å². The lowest BCUT2D eigenvalue weighted by molar-refractivity contribution is -0.134.